The maximum Gasteiger partial charge on any atom is 0.141 e. The van der Waals surface area contributed by atoms with Crippen molar-refractivity contribution in [2.45, 2.75) is 24.8 Å². The quantitative estimate of drug-likeness (QED) is 0.830. The largest absolute Gasteiger partial charge is 0.382 e. The Morgan fingerprint density at radius 3 is 2.22 bits per heavy atom. The lowest BCUT2D eigenvalue weighted by Crippen LogP contribution is -2.43. The normalized spacial score (nSPS) is 17.2. The number of pyridine rings is 1. The Hall–Kier alpha value is -2.01. The first-order chi connectivity index (χ1) is 8.67. The highest BCUT2D eigenvalue weighted by atomic mass is 14.9. The molecule has 2 aromatic heterocycles. The van der Waals surface area contributed by atoms with Crippen LogP contribution in [0.2, 0.25) is 0 Å². The first-order valence-corrected chi connectivity index (χ1v) is 6.01. The molecule has 1 aliphatic rings. The minimum atomic E-state index is -0.168. The van der Waals surface area contributed by atoms with Gasteiger partial charge in [-0.25, -0.2) is 9.97 Å². The molecule has 18 heavy (non-hydrogen) atoms. The minimum Gasteiger partial charge on any atom is -0.382 e. The third kappa shape index (κ3) is 1.82. The smallest absolute Gasteiger partial charge is 0.141 e. The van der Waals surface area contributed by atoms with E-state index in [-0.39, 0.29) is 5.54 Å². The zero-order valence-corrected chi connectivity index (χ0v) is 10.0. The number of hydrogen-bond donors (Lipinski definition) is 2. The van der Waals surface area contributed by atoms with Gasteiger partial charge in [0.05, 0.1) is 18.1 Å². The second-order valence-corrected chi connectivity index (χ2v) is 4.77. The van der Waals surface area contributed by atoms with Crippen LogP contribution >= 0.6 is 0 Å². The van der Waals surface area contributed by atoms with Crippen LogP contribution in [0.4, 0.5) is 5.82 Å². The molecular formula is C13H15N5. The summed E-state index contributed by atoms with van der Waals surface area (Å²) in [6.07, 6.45) is 8.26. The summed E-state index contributed by atoms with van der Waals surface area (Å²) in [6.45, 7) is 0. The number of rotatable bonds is 2. The molecule has 5 heteroatoms. The van der Waals surface area contributed by atoms with Crippen LogP contribution < -0.4 is 11.5 Å². The monoisotopic (exact) mass is 241 g/mol. The van der Waals surface area contributed by atoms with E-state index in [9.17, 15) is 0 Å². The molecule has 0 aromatic carbocycles. The molecule has 2 heterocycles. The van der Waals surface area contributed by atoms with Crippen LogP contribution in [0.25, 0.3) is 11.4 Å². The highest BCUT2D eigenvalue weighted by molar-refractivity contribution is 5.53. The maximum atomic E-state index is 6.25. The number of anilines is 1. The van der Waals surface area contributed by atoms with Gasteiger partial charge >= 0.3 is 0 Å². The van der Waals surface area contributed by atoms with E-state index in [0.717, 1.165) is 29.8 Å². The van der Waals surface area contributed by atoms with E-state index < -0.39 is 0 Å². The van der Waals surface area contributed by atoms with Gasteiger partial charge in [-0.1, -0.05) is 6.07 Å². The molecule has 5 nitrogen and oxygen atoms in total. The van der Waals surface area contributed by atoms with Gasteiger partial charge in [0.25, 0.3) is 0 Å². The zero-order valence-electron chi connectivity index (χ0n) is 10.0. The average molecular weight is 241 g/mol. The lowest BCUT2D eigenvalue weighted by atomic mass is 9.73. The molecule has 0 atom stereocenters. The van der Waals surface area contributed by atoms with Crippen molar-refractivity contribution in [1.29, 1.82) is 0 Å². The van der Waals surface area contributed by atoms with Gasteiger partial charge in [-0.15, -0.1) is 0 Å². The molecule has 0 amide bonds. The highest BCUT2D eigenvalue weighted by Crippen LogP contribution is 2.38. The van der Waals surface area contributed by atoms with Gasteiger partial charge in [0.15, 0.2) is 0 Å². The molecule has 2 aromatic rings. The van der Waals surface area contributed by atoms with Crippen molar-refractivity contribution in [1.82, 2.24) is 15.0 Å². The summed E-state index contributed by atoms with van der Waals surface area (Å²) in [7, 11) is 0. The molecule has 4 N–H and O–H groups in total. The summed E-state index contributed by atoms with van der Waals surface area (Å²) in [4.78, 5) is 12.6. The van der Waals surface area contributed by atoms with E-state index >= 15 is 0 Å². The number of nitrogens with zero attached hydrogens (tertiary/aromatic N) is 3. The Bertz CT molecular complexity index is 543. The predicted octanol–water partition coefficient (Wildman–Crippen LogP) is 1.46. The van der Waals surface area contributed by atoms with E-state index in [2.05, 4.69) is 15.0 Å². The van der Waals surface area contributed by atoms with Crippen LogP contribution in [-0.4, -0.2) is 15.0 Å². The lowest BCUT2D eigenvalue weighted by Gasteiger charge is -2.38. The molecule has 0 bridgehead atoms. The maximum absolute atomic E-state index is 6.25. The van der Waals surface area contributed by atoms with Crippen molar-refractivity contribution < 1.29 is 0 Å². The third-order valence-electron chi connectivity index (χ3n) is 3.52. The van der Waals surface area contributed by atoms with E-state index in [0.29, 0.717) is 5.82 Å². The number of aromatic nitrogens is 3. The summed E-state index contributed by atoms with van der Waals surface area (Å²) < 4.78 is 0. The van der Waals surface area contributed by atoms with Crippen LogP contribution in [0, 0.1) is 0 Å². The Balaban J connectivity index is 1.89. The molecule has 1 fully saturated rings. The van der Waals surface area contributed by atoms with Crippen molar-refractivity contribution in [3.63, 3.8) is 0 Å². The van der Waals surface area contributed by atoms with Gasteiger partial charge in [-0.3, -0.25) is 4.98 Å². The van der Waals surface area contributed by atoms with Crippen molar-refractivity contribution in [3.8, 4) is 11.4 Å². The van der Waals surface area contributed by atoms with Crippen LogP contribution in [0.3, 0.4) is 0 Å². The van der Waals surface area contributed by atoms with Crippen molar-refractivity contribution in [2.24, 2.45) is 5.73 Å². The number of nitrogens with two attached hydrogens (primary N) is 2. The van der Waals surface area contributed by atoms with Gasteiger partial charge < -0.3 is 11.5 Å². The van der Waals surface area contributed by atoms with Crippen LogP contribution in [0.1, 0.15) is 24.8 Å². The van der Waals surface area contributed by atoms with E-state index in [1.807, 2.05) is 18.3 Å². The van der Waals surface area contributed by atoms with Crippen LogP contribution in [0.15, 0.2) is 30.7 Å². The zero-order chi connectivity index (χ0) is 12.6. The molecule has 1 aliphatic carbocycles. The minimum absolute atomic E-state index is 0.168. The predicted molar refractivity (Wildman–Crippen MR) is 69.4 cm³/mol. The van der Waals surface area contributed by atoms with E-state index in [4.69, 9.17) is 11.5 Å². The summed E-state index contributed by atoms with van der Waals surface area (Å²) in [5.41, 5.74) is 14.2. The van der Waals surface area contributed by atoms with E-state index in [1.54, 1.807) is 6.20 Å². The molecule has 0 aliphatic heterocycles. The van der Waals surface area contributed by atoms with Gasteiger partial charge in [-0.2, -0.15) is 0 Å². The van der Waals surface area contributed by atoms with Gasteiger partial charge in [0.2, 0.25) is 0 Å². The standard InChI is InChI=1S/C13H15N5/c14-12-8-17-11(7-18-12)10-3-2-9(6-16-10)13(15)4-1-5-13/h2-3,6-8H,1,4-5,15H2,(H2,14,18). The molecule has 0 spiro atoms. The lowest BCUT2D eigenvalue weighted by molar-refractivity contribution is 0.253. The third-order valence-corrected chi connectivity index (χ3v) is 3.52. The highest BCUT2D eigenvalue weighted by Gasteiger charge is 2.34. The Labute approximate surface area is 105 Å². The Morgan fingerprint density at radius 2 is 1.72 bits per heavy atom. The molecule has 92 valence electrons. The van der Waals surface area contributed by atoms with Gasteiger partial charge in [-0.05, 0) is 30.9 Å². The van der Waals surface area contributed by atoms with Gasteiger partial charge in [0, 0.05) is 11.7 Å². The Morgan fingerprint density at radius 1 is 0.944 bits per heavy atom. The van der Waals surface area contributed by atoms with Crippen molar-refractivity contribution in [2.75, 3.05) is 5.73 Å². The van der Waals surface area contributed by atoms with Gasteiger partial charge in [0.1, 0.15) is 11.5 Å². The summed E-state index contributed by atoms with van der Waals surface area (Å²) in [5.74, 6) is 0.408. The SMILES string of the molecule is Nc1cnc(-c2ccc(C3(N)CCC3)cn2)cn1. The van der Waals surface area contributed by atoms with E-state index in [1.165, 1.54) is 12.6 Å². The first-order valence-electron chi connectivity index (χ1n) is 6.01. The second-order valence-electron chi connectivity index (χ2n) is 4.77. The van der Waals surface area contributed by atoms with Crippen LogP contribution in [-0.2, 0) is 5.54 Å². The van der Waals surface area contributed by atoms with Crippen molar-refractivity contribution >= 4 is 5.82 Å². The number of nitrogen functional groups attached to an aromatic ring is 1. The molecule has 1 saturated carbocycles. The summed E-state index contributed by atoms with van der Waals surface area (Å²) >= 11 is 0. The van der Waals surface area contributed by atoms with Crippen molar-refractivity contribution in [3.05, 3.63) is 36.3 Å². The number of hydrogen-bond acceptors (Lipinski definition) is 5. The molecular weight excluding hydrogens is 226 g/mol. The van der Waals surface area contributed by atoms with Crippen LogP contribution in [0.5, 0.6) is 0 Å². The topological polar surface area (TPSA) is 90.7 Å². The fourth-order valence-corrected chi connectivity index (χ4v) is 2.16. The summed E-state index contributed by atoms with van der Waals surface area (Å²) in [5, 5.41) is 0. The molecule has 3 rings (SSSR count). The molecule has 0 saturated heterocycles. The summed E-state index contributed by atoms with van der Waals surface area (Å²) in [6, 6.07) is 3.96. The molecule has 0 radical (unpaired) electrons. The fraction of sp³-hybridized carbons (Fsp3) is 0.308. The fourth-order valence-electron chi connectivity index (χ4n) is 2.16. The first kappa shape index (κ1) is 11.1. The second kappa shape index (κ2) is 4.03. The molecule has 0 unspecified atom stereocenters. The Kier molecular flexibility index (Phi) is 2.48. The average Bonchev–Trinajstić information content (AvgIpc) is 2.37.